The molecule has 0 saturated carbocycles. The maximum absolute atomic E-state index is 5.82. The normalized spacial score (nSPS) is 17.7. The van der Waals surface area contributed by atoms with E-state index in [1.165, 1.54) is 5.56 Å². The summed E-state index contributed by atoms with van der Waals surface area (Å²) in [4.78, 5) is 0. The van der Waals surface area contributed by atoms with Crippen molar-refractivity contribution in [1.29, 1.82) is 0 Å². The van der Waals surface area contributed by atoms with Gasteiger partial charge in [0.25, 0.3) is 0 Å². The van der Waals surface area contributed by atoms with E-state index in [2.05, 4.69) is 35.4 Å². The quantitative estimate of drug-likeness (QED) is 0.649. The highest BCUT2D eigenvalue weighted by atomic mass is 16.5. The molecule has 3 heteroatoms. The SMILES string of the molecule is c1ccc([C@H]2COc3c4ccccc4nn32)cc1. The lowest BCUT2D eigenvalue weighted by Gasteiger charge is -2.08. The number of ether oxygens (including phenoxy) is 1. The Morgan fingerprint density at radius 2 is 1.78 bits per heavy atom. The molecule has 0 aliphatic carbocycles. The van der Waals surface area contributed by atoms with Gasteiger partial charge in [-0.1, -0.05) is 42.5 Å². The van der Waals surface area contributed by atoms with Crippen LogP contribution in [0.15, 0.2) is 54.6 Å². The summed E-state index contributed by atoms with van der Waals surface area (Å²) < 4.78 is 7.82. The summed E-state index contributed by atoms with van der Waals surface area (Å²) in [7, 11) is 0. The molecular weight excluding hydrogens is 224 g/mol. The third-order valence-corrected chi connectivity index (χ3v) is 3.42. The predicted molar refractivity (Wildman–Crippen MR) is 69.8 cm³/mol. The van der Waals surface area contributed by atoms with E-state index in [9.17, 15) is 0 Å². The fraction of sp³-hybridized carbons (Fsp3) is 0.133. The standard InChI is InChI=1S/C15H12N2O/c1-2-6-11(7-3-1)14-10-18-15-12-8-4-5-9-13(12)16-17(14)15/h1-9,14H,10H2/t14-/m1/s1. The van der Waals surface area contributed by atoms with E-state index in [1.807, 2.05) is 28.9 Å². The highest BCUT2D eigenvalue weighted by molar-refractivity contribution is 5.84. The first-order valence-electron chi connectivity index (χ1n) is 6.08. The van der Waals surface area contributed by atoms with Crippen molar-refractivity contribution in [3.8, 4) is 5.88 Å². The first-order chi connectivity index (χ1) is 8.93. The molecule has 0 unspecified atom stereocenters. The first kappa shape index (κ1) is 9.71. The Morgan fingerprint density at radius 1 is 1.00 bits per heavy atom. The number of nitrogens with zero attached hydrogens (tertiary/aromatic N) is 2. The topological polar surface area (TPSA) is 27.1 Å². The molecule has 0 radical (unpaired) electrons. The van der Waals surface area contributed by atoms with Crippen LogP contribution in [0.2, 0.25) is 0 Å². The summed E-state index contributed by atoms with van der Waals surface area (Å²) in [5, 5.41) is 5.74. The molecule has 1 atom stereocenters. The Kier molecular flexibility index (Phi) is 1.94. The molecule has 1 aliphatic rings. The van der Waals surface area contributed by atoms with Crippen LogP contribution in [-0.4, -0.2) is 16.4 Å². The molecule has 0 fully saturated rings. The van der Waals surface area contributed by atoms with E-state index in [1.54, 1.807) is 0 Å². The first-order valence-corrected chi connectivity index (χ1v) is 6.08. The van der Waals surface area contributed by atoms with Crippen LogP contribution in [0.3, 0.4) is 0 Å². The summed E-state index contributed by atoms with van der Waals surface area (Å²) >= 11 is 0. The van der Waals surface area contributed by atoms with E-state index in [0.717, 1.165) is 16.8 Å². The van der Waals surface area contributed by atoms with Crippen LogP contribution >= 0.6 is 0 Å². The van der Waals surface area contributed by atoms with Crippen LogP contribution in [0.25, 0.3) is 10.9 Å². The molecule has 3 aromatic rings. The Labute approximate surface area is 105 Å². The third-order valence-electron chi connectivity index (χ3n) is 3.42. The Balaban J connectivity index is 1.90. The highest BCUT2D eigenvalue weighted by Gasteiger charge is 2.28. The summed E-state index contributed by atoms with van der Waals surface area (Å²) in [6, 6.07) is 18.7. The van der Waals surface area contributed by atoms with E-state index in [0.29, 0.717) is 6.61 Å². The molecule has 0 bridgehead atoms. The molecule has 0 N–H and O–H groups in total. The average Bonchev–Trinajstić information content (AvgIpc) is 2.98. The third kappa shape index (κ3) is 1.27. The van der Waals surface area contributed by atoms with Gasteiger partial charge in [0.1, 0.15) is 12.6 Å². The van der Waals surface area contributed by atoms with Gasteiger partial charge in [-0.05, 0) is 17.7 Å². The number of rotatable bonds is 1. The summed E-state index contributed by atoms with van der Waals surface area (Å²) in [5.41, 5.74) is 2.23. The fourth-order valence-corrected chi connectivity index (χ4v) is 2.52. The predicted octanol–water partition coefficient (Wildman–Crippen LogP) is 3.02. The van der Waals surface area contributed by atoms with Gasteiger partial charge in [-0.3, -0.25) is 0 Å². The molecule has 18 heavy (non-hydrogen) atoms. The summed E-state index contributed by atoms with van der Waals surface area (Å²) in [6.45, 7) is 0.664. The molecule has 2 aromatic carbocycles. The monoisotopic (exact) mass is 236 g/mol. The van der Waals surface area contributed by atoms with E-state index in [4.69, 9.17) is 4.74 Å². The minimum Gasteiger partial charge on any atom is -0.475 e. The maximum atomic E-state index is 5.82. The largest absolute Gasteiger partial charge is 0.475 e. The lowest BCUT2D eigenvalue weighted by Crippen LogP contribution is -2.10. The van der Waals surface area contributed by atoms with Crippen molar-refractivity contribution in [3.05, 3.63) is 60.2 Å². The van der Waals surface area contributed by atoms with Crippen LogP contribution < -0.4 is 4.74 Å². The zero-order chi connectivity index (χ0) is 11.9. The fourth-order valence-electron chi connectivity index (χ4n) is 2.52. The van der Waals surface area contributed by atoms with Gasteiger partial charge in [-0.2, -0.15) is 5.10 Å². The number of aromatic nitrogens is 2. The molecule has 0 amide bonds. The van der Waals surface area contributed by atoms with Crippen molar-refractivity contribution in [2.75, 3.05) is 6.61 Å². The Hall–Kier alpha value is -2.29. The van der Waals surface area contributed by atoms with Crippen LogP contribution in [-0.2, 0) is 0 Å². The smallest absolute Gasteiger partial charge is 0.220 e. The zero-order valence-corrected chi connectivity index (χ0v) is 9.78. The summed E-state index contributed by atoms with van der Waals surface area (Å²) in [6.07, 6.45) is 0. The van der Waals surface area contributed by atoms with E-state index >= 15 is 0 Å². The number of fused-ring (bicyclic) bond motifs is 3. The van der Waals surface area contributed by atoms with Gasteiger partial charge in [0.15, 0.2) is 0 Å². The highest BCUT2D eigenvalue weighted by Crippen LogP contribution is 2.36. The van der Waals surface area contributed by atoms with Gasteiger partial charge in [0, 0.05) is 0 Å². The molecule has 0 spiro atoms. The van der Waals surface area contributed by atoms with Gasteiger partial charge in [-0.25, -0.2) is 4.68 Å². The average molecular weight is 236 g/mol. The van der Waals surface area contributed by atoms with Crippen molar-refractivity contribution in [1.82, 2.24) is 9.78 Å². The molecule has 1 aliphatic heterocycles. The second-order valence-electron chi connectivity index (χ2n) is 4.50. The minimum absolute atomic E-state index is 0.189. The van der Waals surface area contributed by atoms with E-state index in [-0.39, 0.29) is 6.04 Å². The van der Waals surface area contributed by atoms with Crippen molar-refractivity contribution in [3.63, 3.8) is 0 Å². The molecular formula is C15H12N2O. The lowest BCUT2D eigenvalue weighted by molar-refractivity contribution is 0.344. The van der Waals surface area contributed by atoms with Crippen LogP contribution in [0.4, 0.5) is 0 Å². The molecule has 1 aromatic heterocycles. The maximum Gasteiger partial charge on any atom is 0.220 e. The second kappa shape index (κ2) is 3.60. The van der Waals surface area contributed by atoms with Crippen molar-refractivity contribution in [2.45, 2.75) is 6.04 Å². The number of hydrogen-bond donors (Lipinski definition) is 0. The van der Waals surface area contributed by atoms with Gasteiger partial charge in [-0.15, -0.1) is 0 Å². The lowest BCUT2D eigenvalue weighted by atomic mass is 10.1. The Morgan fingerprint density at radius 3 is 2.67 bits per heavy atom. The second-order valence-corrected chi connectivity index (χ2v) is 4.50. The van der Waals surface area contributed by atoms with Crippen molar-refractivity contribution < 1.29 is 4.74 Å². The number of benzene rings is 2. The molecule has 4 rings (SSSR count). The Bertz CT molecular complexity index is 703. The molecule has 2 heterocycles. The molecule has 0 saturated heterocycles. The van der Waals surface area contributed by atoms with E-state index < -0.39 is 0 Å². The zero-order valence-electron chi connectivity index (χ0n) is 9.78. The van der Waals surface area contributed by atoms with Crippen molar-refractivity contribution in [2.24, 2.45) is 0 Å². The van der Waals surface area contributed by atoms with Gasteiger partial charge >= 0.3 is 0 Å². The van der Waals surface area contributed by atoms with Crippen LogP contribution in [0.1, 0.15) is 11.6 Å². The van der Waals surface area contributed by atoms with Crippen LogP contribution in [0, 0.1) is 0 Å². The van der Waals surface area contributed by atoms with Gasteiger partial charge < -0.3 is 4.74 Å². The molecule has 88 valence electrons. The summed E-state index contributed by atoms with van der Waals surface area (Å²) in [5.74, 6) is 0.888. The van der Waals surface area contributed by atoms with Crippen molar-refractivity contribution >= 4 is 10.9 Å². The van der Waals surface area contributed by atoms with Crippen LogP contribution in [0.5, 0.6) is 5.88 Å². The van der Waals surface area contributed by atoms with Gasteiger partial charge in [0.05, 0.1) is 10.9 Å². The minimum atomic E-state index is 0.189. The number of hydrogen-bond acceptors (Lipinski definition) is 2. The van der Waals surface area contributed by atoms with Gasteiger partial charge in [0.2, 0.25) is 5.88 Å². The molecule has 3 nitrogen and oxygen atoms in total.